The first-order valence-electron chi connectivity index (χ1n) is 24.1. The number of likely N-dealkylation sites (N-methyl/N-ethyl adjacent to an activating group) is 1. The molecule has 0 rings (SSSR count). The van der Waals surface area contributed by atoms with Crippen LogP contribution in [0, 0.1) is 11.8 Å². The first kappa shape index (κ1) is 53.4. The van der Waals surface area contributed by atoms with Gasteiger partial charge in [-0.25, -0.2) is 0 Å². The third-order valence-electron chi connectivity index (χ3n) is 11.6. The third-order valence-corrected chi connectivity index (χ3v) is 11.6. The number of ether oxygens (including phenoxy) is 2. The Morgan fingerprint density at radius 2 is 0.800 bits per heavy atom. The number of nitrogens with zero attached hydrogens (tertiary/aromatic N) is 1. The summed E-state index contributed by atoms with van der Waals surface area (Å²) in [6, 6.07) is 0.211. The molecule has 55 heavy (non-hydrogen) atoms. The van der Waals surface area contributed by atoms with Gasteiger partial charge in [0.25, 0.3) is 0 Å². The lowest BCUT2D eigenvalue weighted by atomic mass is 9.92. The number of nitrogens with one attached hydrogen (secondary N) is 1. The predicted molar refractivity (Wildman–Crippen MR) is 234 cm³/mol. The summed E-state index contributed by atoms with van der Waals surface area (Å²) in [4.78, 5) is 39.5. The summed E-state index contributed by atoms with van der Waals surface area (Å²) in [6.07, 6.45) is 36.2. The lowest BCUT2D eigenvalue weighted by Crippen LogP contribution is -2.41. The van der Waals surface area contributed by atoms with Crippen molar-refractivity contribution in [3.05, 3.63) is 0 Å². The third kappa shape index (κ3) is 36.5. The number of hydrogen-bond acceptors (Lipinski definition) is 6. The Morgan fingerprint density at radius 1 is 0.455 bits per heavy atom. The van der Waals surface area contributed by atoms with Crippen molar-refractivity contribution >= 4 is 17.8 Å². The fraction of sp³-hybridized carbons (Fsp3) is 0.938. The Labute approximate surface area is 342 Å². The SMILES string of the molecule is CCCCCC(CCCCC)CCOC(=O)CCCCCCCC(CCCCCCCC(=O)OCCC(CCCCC)CCCCC)NC(=O)CN(C)CC. The first-order chi connectivity index (χ1) is 26.8. The molecule has 0 aliphatic carbocycles. The van der Waals surface area contributed by atoms with Crippen LogP contribution in [0.5, 0.6) is 0 Å². The lowest BCUT2D eigenvalue weighted by Gasteiger charge is -2.21. The summed E-state index contributed by atoms with van der Waals surface area (Å²) in [5.74, 6) is 1.45. The van der Waals surface area contributed by atoms with Gasteiger partial charge in [0, 0.05) is 18.9 Å². The molecule has 0 aromatic rings. The molecular weight excluding hydrogens is 685 g/mol. The number of esters is 2. The maximum absolute atomic E-state index is 12.7. The minimum Gasteiger partial charge on any atom is -0.466 e. The van der Waals surface area contributed by atoms with E-state index in [0.717, 1.165) is 96.4 Å². The minimum atomic E-state index is -0.0321. The van der Waals surface area contributed by atoms with Crippen LogP contribution in [0.25, 0.3) is 0 Å². The first-order valence-corrected chi connectivity index (χ1v) is 24.1. The molecule has 0 atom stereocenters. The van der Waals surface area contributed by atoms with E-state index in [-0.39, 0.29) is 23.9 Å². The molecular formula is C48H94N2O5. The van der Waals surface area contributed by atoms with Crippen LogP contribution >= 0.6 is 0 Å². The summed E-state index contributed by atoms with van der Waals surface area (Å²) in [7, 11) is 1.99. The summed E-state index contributed by atoms with van der Waals surface area (Å²) in [6.45, 7) is 13.6. The molecule has 0 unspecified atom stereocenters. The van der Waals surface area contributed by atoms with Crippen molar-refractivity contribution < 1.29 is 23.9 Å². The maximum atomic E-state index is 12.7. The quantitative estimate of drug-likeness (QED) is 0.0491. The molecule has 0 aromatic heterocycles. The second-order valence-electron chi connectivity index (χ2n) is 16.9. The van der Waals surface area contributed by atoms with Crippen LogP contribution in [-0.4, -0.2) is 62.1 Å². The second kappa shape index (κ2) is 40.6. The van der Waals surface area contributed by atoms with Gasteiger partial charge in [0.15, 0.2) is 0 Å². The van der Waals surface area contributed by atoms with Crippen LogP contribution < -0.4 is 5.32 Å². The van der Waals surface area contributed by atoms with Crippen molar-refractivity contribution in [2.45, 2.75) is 246 Å². The molecule has 0 bridgehead atoms. The number of rotatable bonds is 42. The second-order valence-corrected chi connectivity index (χ2v) is 16.9. The van der Waals surface area contributed by atoms with Crippen LogP contribution in [0.2, 0.25) is 0 Å². The fourth-order valence-electron chi connectivity index (χ4n) is 7.72. The summed E-state index contributed by atoms with van der Waals surface area (Å²) in [5.41, 5.74) is 0. The molecule has 0 radical (unpaired) electrons. The molecule has 0 spiro atoms. The molecule has 0 fully saturated rings. The van der Waals surface area contributed by atoms with Crippen molar-refractivity contribution in [3.63, 3.8) is 0 Å². The van der Waals surface area contributed by atoms with E-state index in [1.165, 1.54) is 103 Å². The fourth-order valence-corrected chi connectivity index (χ4v) is 7.72. The average molecular weight is 779 g/mol. The number of carbonyl (C=O) groups is 3. The topological polar surface area (TPSA) is 84.9 Å². The van der Waals surface area contributed by atoms with Crippen LogP contribution in [0.15, 0.2) is 0 Å². The normalized spacial score (nSPS) is 11.7. The number of unbranched alkanes of at least 4 members (excludes halogenated alkanes) is 16. The Kier molecular flexibility index (Phi) is 39.4. The zero-order valence-electron chi connectivity index (χ0n) is 37.7. The average Bonchev–Trinajstić information content (AvgIpc) is 3.16. The Bertz CT molecular complexity index is 791. The summed E-state index contributed by atoms with van der Waals surface area (Å²) >= 11 is 0. The van der Waals surface area contributed by atoms with Gasteiger partial charge in [0.05, 0.1) is 19.8 Å². The minimum absolute atomic E-state index is 0.0321. The van der Waals surface area contributed by atoms with E-state index in [4.69, 9.17) is 9.47 Å². The van der Waals surface area contributed by atoms with E-state index in [1.54, 1.807) is 0 Å². The van der Waals surface area contributed by atoms with Crippen molar-refractivity contribution in [1.29, 1.82) is 0 Å². The van der Waals surface area contributed by atoms with Crippen LogP contribution in [0.3, 0.4) is 0 Å². The zero-order chi connectivity index (χ0) is 40.6. The van der Waals surface area contributed by atoms with Crippen molar-refractivity contribution in [3.8, 4) is 0 Å². The van der Waals surface area contributed by atoms with Crippen molar-refractivity contribution in [2.75, 3.05) is 33.4 Å². The standard InChI is InChI=1S/C48H94N2O5/c1-7-12-22-30-43(31-23-13-8-2)38-40-54-47(52)36-28-20-16-18-26-34-45(49-46(51)42-50(6)11-5)35-27-19-17-21-29-37-48(53)55-41-39-44(32-24-14-9-3)33-25-15-10-4/h43-45H,7-42H2,1-6H3,(H,49,51). The molecule has 7 heteroatoms. The van der Waals surface area contributed by atoms with Gasteiger partial charge in [-0.2, -0.15) is 0 Å². The van der Waals surface area contributed by atoms with Gasteiger partial charge in [0.2, 0.25) is 5.91 Å². The largest absolute Gasteiger partial charge is 0.466 e. The number of carbonyl (C=O) groups excluding carboxylic acids is 3. The molecule has 0 aromatic carbocycles. The van der Waals surface area contributed by atoms with E-state index in [9.17, 15) is 14.4 Å². The summed E-state index contributed by atoms with van der Waals surface area (Å²) in [5, 5.41) is 3.32. The van der Waals surface area contributed by atoms with Gasteiger partial charge in [-0.1, -0.05) is 189 Å². The lowest BCUT2D eigenvalue weighted by molar-refractivity contribution is -0.145. The van der Waals surface area contributed by atoms with Gasteiger partial charge in [-0.3, -0.25) is 19.3 Å². The predicted octanol–water partition coefficient (Wildman–Crippen LogP) is 13.3. The molecule has 326 valence electrons. The molecule has 1 amide bonds. The Morgan fingerprint density at radius 3 is 1.16 bits per heavy atom. The van der Waals surface area contributed by atoms with Crippen LogP contribution in [0.4, 0.5) is 0 Å². The smallest absolute Gasteiger partial charge is 0.305 e. The summed E-state index contributed by atoms with van der Waals surface area (Å²) < 4.78 is 11.3. The molecule has 0 aliphatic rings. The van der Waals surface area contributed by atoms with Gasteiger partial charge in [-0.05, 0) is 64.0 Å². The van der Waals surface area contributed by atoms with E-state index < -0.39 is 0 Å². The van der Waals surface area contributed by atoms with Gasteiger partial charge < -0.3 is 14.8 Å². The highest BCUT2D eigenvalue weighted by Crippen LogP contribution is 2.23. The molecule has 0 heterocycles. The van der Waals surface area contributed by atoms with Gasteiger partial charge >= 0.3 is 11.9 Å². The number of hydrogen-bond donors (Lipinski definition) is 1. The van der Waals surface area contributed by atoms with Gasteiger partial charge in [-0.15, -0.1) is 0 Å². The Hall–Kier alpha value is -1.63. The van der Waals surface area contributed by atoms with Crippen molar-refractivity contribution in [2.24, 2.45) is 11.8 Å². The van der Waals surface area contributed by atoms with Gasteiger partial charge in [0.1, 0.15) is 0 Å². The highest BCUT2D eigenvalue weighted by atomic mass is 16.5. The molecule has 0 saturated carbocycles. The molecule has 0 saturated heterocycles. The zero-order valence-corrected chi connectivity index (χ0v) is 37.7. The highest BCUT2D eigenvalue weighted by Gasteiger charge is 2.15. The molecule has 0 aliphatic heterocycles. The van der Waals surface area contributed by atoms with E-state index in [2.05, 4.69) is 39.9 Å². The van der Waals surface area contributed by atoms with Crippen LogP contribution in [-0.2, 0) is 23.9 Å². The monoisotopic (exact) mass is 779 g/mol. The van der Waals surface area contributed by atoms with Crippen LogP contribution in [0.1, 0.15) is 240 Å². The Balaban J connectivity index is 4.30. The van der Waals surface area contributed by atoms with E-state index >= 15 is 0 Å². The maximum Gasteiger partial charge on any atom is 0.305 e. The highest BCUT2D eigenvalue weighted by molar-refractivity contribution is 5.78. The molecule has 1 N–H and O–H groups in total. The van der Waals surface area contributed by atoms with E-state index in [1.807, 2.05) is 11.9 Å². The van der Waals surface area contributed by atoms with E-state index in [0.29, 0.717) is 44.4 Å². The number of amides is 1. The molecule has 7 nitrogen and oxygen atoms in total. The van der Waals surface area contributed by atoms with Crippen molar-refractivity contribution in [1.82, 2.24) is 10.2 Å².